The number of hydrogen-bond acceptors (Lipinski definition) is 6. The van der Waals surface area contributed by atoms with E-state index in [0.29, 0.717) is 29.8 Å². The number of carboxylic acid groups (broad SMARTS) is 2. The molecule has 0 saturated heterocycles. The quantitative estimate of drug-likeness (QED) is 0.414. The van der Waals surface area contributed by atoms with Gasteiger partial charge in [-0.05, 0) is 38.5 Å². The van der Waals surface area contributed by atoms with E-state index in [0.717, 1.165) is 0 Å². The summed E-state index contributed by atoms with van der Waals surface area (Å²) in [5.74, 6) is -2.47. The zero-order valence-corrected chi connectivity index (χ0v) is 14.4. The molecule has 8 nitrogen and oxygen atoms in total. The van der Waals surface area contributed by atoms with Gasteiger partial charge in [-0.1, -0.05) is 6.07 Å². The first-order valence-electron chi connectivity index (χ1n) is 7.46. The van der Waals surface area contributed by atoms with Crippen LogP contribution in [-0.2, 0) is 16.2 Å². The lowest BCUT2D eigenvalue weighted by Crippen LogP contribution is -2.38. The second-order valence-corrected chi connectivity index (χ2v) is 6.20. The first kappa shape index (κ1) is 22.6. The Bertz CT molecular complexity index is 590. The predicted octanol–water partition coefficient (Wildman–Crippen LogP) is 1.02. The molecule has 1 rings (SSSR count). The van der Waals surface area contributed by atoms with Crippen molar-refractivity contribution in [3.63, 3.8) is 0 Å². The molecule has 0 heterocycles. The van der Waals surface area contributed by atoms with Crippen molar-refractivity contribution in [1.82, 2.24) is 5.32 Å². The number of aliphatic hydroxyl groups is 2. The van der Waals surface area contributed by atoms with Gasteiger partial charge in [-0.15, -0.1) is 0 Å². The van der Waals surface area contributed by atoms with Gasteiger partial charge in [0, 0.05) is 29.8 Å². The van der Waals surface area contributed by atoms with E-state index < -0.39 is 18.0 Å². The molecule has 0 fully saturated rings. The maximum absolute atomic E-state index is 9.97. The van der Waals surface area contributed by atoms with E-state index in [2.05, 4.69) is 5.32 Å². The summed E-state index contributed by atoms with van der Waals surface area (Å²) in [7, 11) is 0. The second kappa shape index (κ2) is 10.4. The van der Waals surface area contributed by atoms with Crippen LogP contribution < -0.4 is 5.32 Å². The van der Waals surface area contributed by atoms with Crippen LogP contribution in [-0.4, -0.2) is 49.6 Å². The van der Waals surface area contributed by atoms with Gasteiger partial charge in [0.25, 0.3) is 0 Å². The van der Waals surface area contributed by atoms with Crippen LogP contribution in [0, 0.1) is 0 Å². The Labute approximate surface area is 146 Å². The van der Waals surface area contributed by atoms with Gasteiger partial charge in [0.1, 0.15) is 5.75 Å². The lowest BCUT2D eigenvalue weighted by atomic mass is 10.0. The molecule has 140 valence electrons. The van der Waals surface area contributed by atoms with E-state index in [9.17, 15) is 19.8 Å². The molecule has 0 aliphatic carbocycles. The summed E-state index contributed by atoms with van der Waals surface area (Å²) in [5.41, 5.74) is 1.05. The minimum absolute atomic E-state index is 0.0484. The topological polar surface area (TPSA) is 147 Å². The maximum Gasteiger partial charge on any atom is 0.328 e. The standard InChI is InChI=1S/C13H21NO3.C4H4O4/c1-13(2,3)14-7-12(17)9-4-5-11(16)10(6-9)8-15;5-3(6)1-2-4(7)8/h4-6,12,14-17H,7-8H2,1-3H3;1-2H,(H,5,6)(H,7,8)/b;2-1+/t12-;/m0./s1. The smallest absolute Gasteiger partial charge is 0.328 e. The van der Waals surface area contributed by atoms with Gasteiger partial charge < -0.3 is 30.8 Å². The minimum atomic E-state index is -1.26. The number of rotatable bonds is 6. The number of β-amino-alcohol motifs (C(OH)–C–C–N with tert-alkyl or cyclic N) is 1. The molecule has 25 heavy (non-hydrogen) atoms. The molecule has 0 aromatic heterocycles. The molecule has 0 aliphatic rings. The van der Waals surface area contributed by atoms with Crippen molar-refractivity contribution in [3.8, 4) is 5.75 Å². The fourth-order valence-corrected chi connectivity index (χ4v) is 1.60. The molecule has 1 aromatic carbocycles. The highest BCUT2D eigenvalue weighted by molar-refractivity contribution is 5.89. The Balaban J connectivity index is 0.000000609. The van der Waals surface area contributed by atoms with E-state index >= 15 is 0 Å². The van der Waals surface area contributed by atoms with E-state index in [-0.39, 0.29) is 17.9 Å². The summed E-state index contributed by atoms with van der Waals surface area (Å²) in [6.45, 7) is 6.26. The van der Waals surface area contributed by atoms with Crippen molar-refractivity contribution in [2.75, 3.05) is 6.54 Å². The number of aliphatic carboxylic acids is 2. The average Bonchev–Trinajstić information content (AvgIpc) is 2.51. The van der Waals surface area contributed by atoms with Crippen LogP contribution in [0.3, 0.4) is 0 Å². The van der Waals surface area contributed by atoms with Crippen LogP contribution in [0.5, 0.6) is 5.75 Å². The summed E-state index contributed by atoms with van der Waals surface area (Å²) in [5, 5.41) is 47.2. The lowest BCUT2D eigenvalue weighted by Gasteiger charge is -2.23. The summed E-state index contributed by atoms with van der Waals surface area (Å²) in [6, 6.07) is 4.76. The molecule has 8 heteroatoms. The second-order valence-electron chi connectivity index (χ2n) is 6.20. The van der Waals surface area contributed by atoms with Crippen molar-refractivity contribution < 1.29 is 35.1 Å². The number of benzene rings is 1. The zero-order chi connectivity index (χ0) is 19.6. The molecule has 1 aromatic rings. The molecule has 0 bridgehead atoms. The molecule has 0 spiro atoms. The molecular weight excluding hydrogens is 330 g/mol. The summed E-state index contributed by atoms with van der Waals surface area (Å²) >= 11 is 0. The van der Waals surface area contributed by atoms with Gasteiger partial charge in [0.05, 0.1) is 12.7 Å². The van der Waals surface area contributed by atoms with E-state index in [1.165, 1.54) is 6.07 Å². The van der Waals surface area contributed by atoms with Gasteiger partial charge in [-0.3, -0.25) is 0 Å². The highest BCUT2D eigenvalue weighted by Crippen LogP contribution is 2.22. The highest BCUT2D eigenvalue weighted by atomic mass is 16.4. The van der Waals surface area contributed by atoms with Gasteiger partial charge >= 0.3 is 11.9 Å². The maximum atomic E-state index is 9.97. The molecule has 0 unspecified atom stereocenters. The predicted molar refractivity (Wildman–Crippen MR) is 91.2 cm³/mol. The fourth-order valence-electron chi connectivity index (χ4n) is 1.60. The summed E-state index contributed by atoms with van der Waals surface area (Å²) < 4.78 is 0. The Morgan fingerprint density at radius 2 is 1.68 bits per heavy atom. The molecule has 6 N–H and O–H groups in total. The molecule has 0 amide bonds. The minimum Gasteiger partial charge on any atom is -0.508 e. The monoisotopic (exact) mass is 355 g/mol. The fraction of sp³-hybridized carbons (Fsp3) is 0.412. The molecule has 0 saturated carbocycles. The molecule has 0 radical (unpaired) electrons. The van der Waals surface area contributed by atoms with Crippen molar-refractivity contribution in [2.45, 2.75) is 39.0 Å². The van der Waals surface area contributed by atoms with Crippen LogP contribution in [0.25, 0.3) is 0 Å². The van der Waals surface area contributed by atoms with Gasteiger partial charge in [-0.2, -0.15) is 0 Å². The van der Waals surface area contributed by atoms with Crippen molar-refractivity contribution in [2.24, 2.45) is 0 Å². The van der Waals surface area contributed by atoms with Gasteiger partial charge in [-0.25, -0.2) is 9.59 Å². The van der Waals surface area contributed by atoms with Gasteiger partial charge in [0.15, 0.2) is 0 Å². The van der Waals surface area contributed by atoms with Crippen LogP contribution in [0.2, 0.25) is 0 Å². The van der Waals surface area contributed by atoms with Crippen LogP contribution in [0.4, 0.5) is 0 Å². The SMILES string of the molecule is CC(C)(C)NC[C@H](O)c1ccc(O)c(CO)c1.O=C(O)/C=C/C(=O)O. The number of nitrogens with one attached hydrogen (secondary N) is 1. The Kier molecular flexibility index (Phi) is 9.43. The van der Waals surface area contributed by atoms with E-state index in [1.54, 1.807) is 12.1 Å². The number of carbonyl (C=O) groups is 2. The molecule has 1 atom stereocenters. The van der Waals surface area contributed by atoms with Crippen LogP contribution >= 0.6 is 0 Å². The van der Waals surface area contributed by atoms with Crippen LogP contribution in [0.15, 0.2) is 30.4 Å². The van der Waals surface area contributed by atoms with Crippen molar-refractivity contribution >= 4 is 11.9 Å². The number of aliphatic hydroxyl groups excluding tert-OH is 2. The summed E-state index contributed by atoms with van der Waals surface area (Å²) in [6.07, 6.45) is 0.463. The third-order valence-electron chi connectivity index (χ3n) is 2.85. The Hall–Kier alpha value is -2.42. The van der Waals surface area contributed by atoms with Crippen LogP contribution in [0.1, 0.15) is 38.0 Å². The molecular formula is C17H25NO7. The average molecular weight is 355 g/mol. The van der Waals surface area contributed by atoms with Gasteiger partial charge in [0.2, 0.25) is 0 Å². The lowest BCUT2D eigenvalue weighted by molar-refractivity contribution is -0.134. The first-order chi connectivity index (χ1) is 11.5. The number of carboxylic acids is 2. The normalized spacial score (nSPS) is 12.4. The van der Waals surface area contributed by atoms with E-state index in [1.807, 2.05) is 20.8 Å². The van der Waals surface area contributed by atoms with Crippen molar-refractivity contribution in [3.05, 3.63) is 41.5 Å². The third kappa shape index (κ3) is 10.9. The third-order valence-corrected chi connectivity index (χ3v) is 2.85. The number of aromatic hydroxyl groups is 1. The Morgan fingerprint density at radius 3 is 2.08 bits per heavy atom. The number of phenols is 1. The largest absolute Gasteiger partial charge is 0.508 e. The highest BCUT2D eigenvalue weighted by Gasteiger charge is 2.14. The first-order valence-corrected chi connectivity index (χ1v) is 7.46. The van der Waals surface area contributed by atoms with Crippen molar-refractivity contribution in [1.29, 1.82) is 0 Å². The molecule has 0 aliphatic heterocycles. The number of hydrogen-bond donors (Lipinski definition) is 6. The summed E-state index contributed by atoms with van der Waals surface area (Å²) in [4.78, 5) is 19.1. The Morgan fingerprint density at radius 1 is 1.16 bits per heavy atom. The van der Waals surface area contributed by atoms with E-state index in [4.69, 9.17) is 15.3 Å². The zero-order valence-electron chi connectivity index (χ0n) is 14.4.